The van der Waals surface area contributed by atoms with Gasteiger partial charge in [0.25, 0.3) is 0 Å². The average Bonchev–Trinajstić information content (AvgIpc) is 3.17. The summed E-state index contributed by atoms with van der Waals surface area (Å²) in [4.78, 5) is 0. The Kier molecular flexibility index (Phi) is 4.01. The van der Waals surface area contributed by atoms with Gasteiger partial charge < -0.3 is 4.74 Å². The molecular weight excluding hydrogens is 319 g/mol. The molecule has 3 fully saturated rings. The summed E-state index contributed by atoms with van der Waals surface area (Å²) in [6, 6.07) is 0. The van der Waals surface area contributed by atoms with Crippen molar-refractivity contribution < 1.29 is 26.3 Å². The molecular formula is C14H22F3NO3S. The first-order valence-electron chi connectivity index (χ1n) is 7.86. The van der Waals surface area contributed by atoms with Crippen molar-refractivity contribution in [2.24, 2.45) is 11.8 Å². The first kappa shape index (κ1) is 16.5. The predicted octanol–water partition coefficient (Wildman–Crippen LogP) is 2.55. The molecule has 0 aromatic rings. The van der Waals surface area contributed by atoms with Crippen LogP contribution in [0.25, 0.3) is 0 Å². The molecule has 0 aromatic heterocycles. The standard InChI is InChI=1S/C14H22F3NO3S/c1-13(14(15,16)17)6-7-18(8-9-21-13)22(19,20)12-10-4-2-3-5-11(10)12/h10-12H,2-9H2,1H3. The maximum absolute atomic E-state index is 13.0. The highest BCUT2D eigenvalue weighted by atomic mass is 32.2. The topological polar surface area (TPSA) is 46.6 Å². The first-order valence-corrected chi connectivity index (χ1v) is 9.37. The maximum Gasteiger partial charge on any atom is 0.417 e. The van der Waals surface area contributed by atoms with E-state index in [-0.39, 0.29) is 43.2 Å². The summed E-state index contributed by atoms with van der Waals surface area (Å²) in [6.45, 7) is 0.690. The number of alkyl halides is 3. The van der Waals surface area contributed by atoms with Gasteiger partial charge in [-0.1, -0.05) is 12.8 Å². The normalized spacial score (nSPS) is 40.8. The van der Waals surface area contributed by atoms with Crippen LogP contribution in [-0.2, 0) is 14.8 Å². The molecule has 3 aliphatic rings. The molecule has 2 aliphatic carbocycles. The van der Waals surface area contributed by atoms with Crippen LogP contribution in [0.3, 0.4) is 0 Å². The first-order chi connectivity index (χ1) is 10.2. The van der Waals surface area contributed by atoms with Crippen molar-refractivity contribution in [1.82, 2.24) is 4.31 Å². The SMILES string of the molecule is CC1(C(F)(F)F)CCN(S(=O)(=O)C2C3CCCCC32)CCO1. The van der Waals surface area contributed by atoms with Gasteiger partial charge in [0.05, 0.1) is 11.9 Å². The van der Waals surface area contributed by atoms with E-state index in [1.807, 2.05) is 0 Å². The minimum Gasteiger partial charge on any atom is -0.364 e. The van der Waals surface area contributed by atoms with E-state index in [0.29, 0.717) is 0 Å². The Balaban J connectivity index is 1.71. The maximum atomic E-state index is 13.0. The van der Waals surface area contributed by atoms with Crippen molar-refractivity contribution in [3.63, 3.8) is 0 Å². The smallest absolute Gasteiger partial charge is 0.364 e. The molecule has 128 valence electrons. The minimum atomic E-state index is -4.49. The Hall–Kier alpha value is -0.340. The van der Waals surface area contributed by atoms with Gasteiger partial charge in [0, 0.05) is 13.1 Å². The van der Waals surface area contributed by atoms with E-state index < -0.39 is 21.8 Å². The van der Waals surface area contributed by atoms with Crippen LogP contribution < -0.4 is 0 Å². The fourth-order valence-electron chi connectivity index (χ4n) is 3.91. The summed E-state index contributed by atoms with van der Waals surface area (Å²) in [5.74, 6) is 0.439. The van der Waals surface area contributed by atoms with E-state index in [1.165, 1.54) is 4.31 Å². The fraction of sp³-hybridized carbons (Fsp3) is 1.00. The molecule has 1 saturated heterocycles. The van der Waals surface area contributed by atoms with Gasteiger partial charge in [0.15, 0.2) is 5.60 Å². The lowest BCUT2D eigenvalue weighted by atomic mass is 10.0. The number of nitrogens with zero attached hydrogens (tertiary/aromatic N) is 1. The van der Waals surface area contributed by atoms with Gasteiger partial charge in [0.1, 0.15) is 0 Å². The molecule has 0 N–H and O–H groups in total. The number of hydrogen-bond acceptors (Lipinski definition) is 3. The third kappa shape index (κ3) is 2.67. The van der Waals surface area contributed by atoms with Crippen molar-refractivity contribution in [1.29, 1.82) is 0 Å². The van der Waals surface area contributed by atoms with Crippen LogP contribution in [-0.4, -0.2) is 49.4 Å². The molecule has 3 atom stereocenters. The van der Waals surface area contributed by atoms with E-state index in [4.69, 9.17) is 4.74 Å². The molecule has 3 rings (SSSR count). The molecule has 0 spiro atoms. The number of hydrogen-bond donors (Lipinski definition) is 0. The highest BCUT2D eigenvalue weighted by Crippen LogP contribution is 2.54. The van der Waals surface area contributed by atoms with Crippen LogP contribution >= 0.6 is 0 Å². The molecule has 3 unspecified atom stereocenters. The van der Waals surface area contributed by atoms with Gasteiger partial charge >= 0.3 is 6.18 Å². The van der Waals surface area contributed by atoms with E-state index in [1.54, 1.807) is 0 Å². The quantitative estimate of drug-likeness (QED) is 0.775. The Morgan fingerprint density at radius 3 is 2.27 bits per heavy atom. The number of fused-ring (bicyclic) bond motifs is 1. The summed E-state index contributed by atoms with van der Waals surface area (Å²) >= 11 is 0. The lowest BCUT2D eigenvalue weighted by Crippen LogP contribution is -2.45. The van der Waals surface area contributed by atoms with Crippen LogP contribution in [0.2, 0.25) is 0 Å². The Morgan fingerprint density at radius 1 is 1.14 bits per heavy atom. The Bertz CT molecular complexity index is 524. The summed E-state index contributed by atoms with van der Waals surface area (Å²) in [6.07, 6.45) is -0.860. The molecule has 1 aliphatic heterocycles. The molecule has 0 radical (unpaired) electrons. The second kappa shape index (κ2) is 5.34. The molecule has 0 bridgehead atoms. The monoisotopic (exact) mass is 341 g/mol. The predicted molar refractivity (Wildman–Crippen MR) is 74.8 cm³/mol. The highest BCUT2D eigenvalue weighted by molar-refractivity contribution is 7.90. The van der Waals surface area contributed by atoms with Crippen LogP contribution in [0.4, 0.5) is 13.2 Å². The van der Waals surface area contributed by atoms with Crippen LogP contribution in [0.1, 0.15) is 39.0 Å². The molecule has 0 aromatic carbocycles. The zero-order chi connectivity index (χ0) is 16.2. The van der Waals surface area contributed by atoms with Crippen molar-refractivity contribution >= 4 is 10.0 Å². The Labute approximate surface area is 129 Å². The van der Waals surface area contributed by atoms with Crippen molar-refractivity contribution in [2.45, 2.75) is 56.1 Å². The number of sulfonamides is 1. The van der Waals surface area contributed by atoms with Gasteiger partial charge in [-0.2, -0.15) is 17.5 Å². The summed E-state index contributed by atoms with van der Waals surface area (Å²) in [7, 11) is -3.50. The molecule has 4 nitrogen and oxygen atoms in total. The van der Waals surface area contributed by atoms with E-state index >= 15 is 0 Å². The van der Waals surface area contributed by atoms with E-state index in [9.17, 15) is 21.6 Å². The van der Waals surface area contributed by atoms with E-state index in [0.717, 1.165) is 32.6 Å². The third-order valence-corrected chi connectivity index (χ3v) is 7.95. The fourth-order valence-corrected chi connectivity index (χ4v) is 6.40. The molecule has 1 heterocycles. The van der Waals surface area contributed by atoms with Crippen molar-refractivity contribution in [3.8, 4) is 0 Å². The van der Waals surface area contributed by atoms with Crippen LogP contribution in [0, 0.1) is 11.8 Å². The van der Waals surface area contributed by atoms with Crippen LogP contribution in [0.15, 0.2) is 0 Å². The zero-order valence-electron chi connectivity index (χ0n) is 12.6. The zero-order valence-corrected chi connectivity index (χ0v) is 13.4. The number of ether oxygens (including phenoxy) is 1. The lowest BCUT2D eigenvalue weighted by molar-refractivity contribution is -0.269. The minimum absolute atomic E-state index is 0.0178. The highest BCUT2D eigenvalue weighted by Gasteiger charge is 2.60. The van der Waals surface area contributed by atoms with Gasteiger partial charge in [-0.3, -0.25) is 0 Å². The molecule has 8 heteroatoms. The van der Waals surface area contributed by atoms with Gasteiger partial charge in [-0.15, -0.1) is 0 Å². The second-order valence-corrected chi connectivity index (χ2v) is 8.94. The number of rotatable bonds is 2. The van der Waals surface area contributed by atoms with Crippen LogP contribution in [0.5, 0.6) is 0 Å². The van der Waals surface area contributed by atoms with Gasteiger partial charge in [-0.05, 0) is 38.0 Å². The summed E-state index contributed by atoms with van der Waals surface area (Å²) in [5.41, 5.74) is -2.26. The van der Waals surface area contributed by atoms with Crippen molar-refractivity contribution in [3.05, 3.63) is 0 Å². The summed E-state index contributed by atoms with van der Waals surface area (Å²) in [5, 5.41) is -0.370. The molecule has 2 saturated carbocycles. The number of halogens is 3. The van der Waals surface area contributed by atoms with Crippen molar-refractivity contribution in [2.75, 3.05) is 19.7 Å². The molecule has 22 heavy (non-hydrogen) atoms. The van der Waals surface area contributed by atoms with E-state index in [2.05, 4.69) is 0 Å². The lowest BCUT2D eigenvalue weighted by Gasteiger charge is -2.30. The average molecular weight is 341 g/mol. The third-order valence-electron chi connectivity index (χ3n) is 5.48. The Morgan fingerprint density at radius 2 is 1.73 bits per heavy atom. The van der Waals surface area contributed by atoms with Gasteiger partial charge in [-0.25, -0.2) is 8.42 Å². The second-order valence-electron chi connectivity index (χ2n) is 6.85. The summed E-state index contributed by atoms with van der Waals surface area (Å²) < 4.78 is 70.8. The largest absolute Gasteiger partial charge is 0.417 e. The molecule has 0 amide bonds. The van der Waals surface area contributed by atoms with Gasteiger partial charge in [0.2, 0.25) is 10.0 Å².